The van der Waals surface area contributed by atoms with E-state index in [2.05, 4.69) is 12.1 Å². The summed E-state index contributed by atoms with van der Waals surface area (Å²) in [5, 5.41) is 10.2. The molecule has 1 fully saturated rings. The molecule has 1 aromatic carbocycles. The van der Waals surface area contributed by atoms with Gasteiger partial charge in [-0.2, -0.15) is 0 Å². The Kier molecular flexibility index (Phi) is 2.21. The fraction of sp³-hybridized carbons (Fsp3) is 0.571. The zero-order valence-corrected chi connectivity index (χ0v) is 9.70. The summed E-state index contributed by atoms with van der Waals surface area (Å²) in [5.41, 5.74) is 2.84. The summed E-state index contributed by atoms with van der Waals surface area (Å²) in [6, 6.07) is 6.33. The molecule has 1 aromatic rings. The second-order valence-corrected chi connectivity index (χ2v) is 5.09. The number of aliphatic hydroxyl groups is 1. The minimum absolute atomic E-state index is 0.0832. The van der Waals surface area contributed by atoms with Crippen molar-refractivity contribution in [2.24, 2.45) is 0 Å². The molecule has 1 N–H and O–H groups in total. The summed E-state index contributed by atoms with van der Waals surface area (Å²) in [7, 11) is 1.71. The van der Waals surface area contributed by atoms with E-state index in [1.54, 1.807) is 7.11 Å². The first-order valence-electron chi connectivity index (χ1n) is 6.12. The van der Waals surface area contributed by atoms with Crippen LogP contribution < -0.4 is 4.74 Å². The summed E-state index contributed by atoms with van der Waals surface area (Å²) in [5.74, 6) is 0.935. The van der Waals surface area contributed by atoms with Crippen molar-refractivity contribution in [3.8, 4) is 5.75 Å². The summed E-state index contributed by atoms with van der Waals surface area (Å²) in [6.07, 6.45) is 5.29. The van der Waals surface area contributed by atoms with Gasteiger partial charge in [-0.05, 0) is 48.9 Å². The van der Waals surface area contributed by atoms with E-state index in [4.69, 9.17) is 4.74 Å². The highest BCUT2D eigenvalue weighted by Gasteiger charge is 2.47. The lowest BCUT2D eigenvalue weighted by Gasteiger charge is -2.49. The number of ether oxygens (including phenoxy) is 1. The third kappa shape index (κ3) is 1.23. The van der Waals surface area contributed by atoms with Crippen molar-refractivity contribution in [1.82, 2.24) is 0 Å². The zero-order chi connectivity index (χ0) is 11.2. The summed E-state index contributed by atoms with van der Waals surface area (Å²) >= 11 is 0. The van der Waals surface area contributed by atoms with Crippen LogP contribution in [-0.4, -0.2) is 18.3 Å². The third-order valence-corrected chi connectivity index (χ3v) is 4.42. The second-order valence-electron chi connectivity index (χ2n) is 5.09. The molecule has 3 rings (SSSR count). The first-order valence-corrected chi connectivity index (χ1v) is 6.12. The van der Waals surface area contributed by atoms with Crippen molar-refractivity contribution >= 4 is 0 Å². The van der Waals surface area contributed by atoms with Crippen LogP contribution in [-0.2, 0) is 11.8 Å². The molecule has 0 saturated heterocycles. The summed E-state index contributed by atoms with van der Waals surface area (Å²) in [6.45, 7) is 0. The van der Waals surface area contributed by atoms with E-state index in [1.165, 1.54) is 17.5 Å². The van der Waals surface area contributed by atoms with Crippen molar-refractivity contribution in [2.75, 3.05) is 7.11 Å². The van der Waals surface area contributed by atoms with Gasteiger partial charge < -0.3 is 9.84 Å². The Balaban J connectivity index is 2.07. The Morgan fingerprint density at radius 3 is 2.81 bits per heavy atom. The van der Waals surface area contributed by atoms with Crippen LogP contribution in [0.5, 0.6) is 5.75 Å². The molecule has 2 aliphatic carbocycles. The average molecular weight is 218 g/mol. The van der Waals surface area contributed by atoms with E-state index in [0.29, 0.717) is 0 Å². The molecular formula is C14H18O2. The quantitative estimate of drug-likeness (QED) is 0.784. The van der Waals surface area contributed by atoms with Crippen LogP contribution in [0.2, 0.25) is 0 Å². The highest BCUT2D eigenvalue weighted by Crippen LogP contribution is 2.51. The molecule has 0 aromatic heterocycles. The molecule has 0 bridgehead atoms. The maximum atomic E-state index is 10.2. The van der Waals surface area contributed by atoms with Gasteiger partial charge in [0, 0.05) is 5.41 Å². The predicted octanol–water partition coefficient (Wildman–Crippen LogP) is 2.42. The van der Waals surface area contributed by atoms with Crippen molar-refractivity contribution in [2.45, 2.75) is 43.6 Å². The van der Waals surface area contributed by atoms with Crippen LogP contribution in [0.4, 0.5) is 0 Å². The molecule has 16 heavy (non-hydrogen) atoms. The molecule has 1 atom stereocenters. The maximum Gasteiger partial charge on any atom is 0.119 e. The fourth-order valence-electron chi connectivity index (χ4n) is 3.30. The molecule has 0 heterocycles. The maximum absolute atomic E-state index is 10.2. The van der Waals surface area contributed by atoms with Gasteiger partial charge in [0.05, 0.1) is 13.2 Å². The van der Waals surface area contributed by atoms with Crippen LogP contribution in [0.25, 0.3) is 0 Å². The molecule has 1 spiro atoms. The average Bonchev–Trinajstić information content (AvgIpc) is 2.26. The summed E-state index contributed by atoms with van der Waals surface area (Å²) in [4.78, 5) is 0. The van der Waals surface area contributed by atoms with Gasteiger partial charge in [-0.15, -0.1) is 0 Å². The molecule has 0 radical (unpaired) electrons. The standard InChI is InChI=1S/C14H18O2/c1-16-11-4-5-12-10(9-11)3-6-13(15)14(12)7-2-8-14/h4-5,9,13,15H,2-3,6-8H2,1H3. The number of hydrogen-bond acceptors (Lipinski definition) is 2. The Morgan fingerprint density at radius 1 is 1.38 bits per heavy atom. The zero-order valence-electron chi connectivity index (χ0n) is 9.70. The molecular weight excluding hydrogens is 200 g/mol. The third-order valence-electron chi connectivity index (χ3n) is 4.42. The van der Waals surface area contributed by atoms with Gasteiger partial charge in [0.15, 0.2) is 0 Å². The molecule has 2 aliphatic rings. The fourth-order valence-corrected chi connectivity index (χ4v) is 3.30. The number of hydrogen-bond donors (Lipinski definition) is 1. The molecule has 1 saturated carbocycles. The first kappa shape index (κ1) is 10.2. The van der Waals surface area contributed by atoms with Gasteiger partial charge in [0.1, 0.15) is 5.75 Å². The summed E-state index contributed by atoms with van der Waals surface area (Å²) < 4.78 is 5.26. The van der Waals surface area contributed by atoms with E-state index in [-0.39, 0.29) is 11.5 Å². The van der Waals surface area contributed by atoms with Gasteiger partial charge >= 0.3 is 0 Å². The Bertz CT molecular complexity index is 407. The van der Waals surface area contributed by atoms with Crippen LogP contribution in [0.3, 0.4) is 0 Å². The van der Waals surface area contributed by atoms with Gasteiger partial charge in [0.25, 0.3) is 0 Å². The highest BCUT2D eigenvalue weighted by molar-refractivity contribution is 5.44. The van der Waals surface area contributed by atoms with Crippen molar-refractivity contribution in [3.63, 3.8) is 0 Å². The van der Waals surface area contributed by atoms with Crippen molar-refractivity contribution < 1.29 is 9.84 Å². The van der Waals surface area contributed by atoms with Crippen LogP contribution in [0, 0.1) is 0 Å². The van der Waals surface area contributed by atoms with Gasteiger partial charge in [-0.3, -0.25) is 0 Å². The number of benzene rings is 1. The molecule has 0 amide bonds. The Labute approximate surface area is 96.2 Å². The Hall–Kier alpha value is -1.02. The topological polar surface area (TPSA) is 29.5 Å². The van der Waals surface area contributed by atoms with Crippen molar-refractivity contribution in [1.29, 1.82) is 0 Å². The van der Waals surface area contributed by atoms with Gasteiger partial charge in [-0.25, -0.2) is 0 Å². The second kappa shape index (κ2) is 3.49. The number of methoxy groups -OCH3 is 1. The number of rotatable bonds is 1. The Morgan fingerprint density at radius 2 is 2.19 bits per heavy atom. The predicted molar refractivity (Wildman–Crippen MR) is 62.9 cm³/mol. The van der Waals surface area contributed by atoms with Crippen LogP contribution >= 0.6 is 0 Å². The van der Waals surface area contributed by atoms with Gasteiger partial charge in [0.2, 0.25) is 0 Å². The monoisotopic (exact) mass is 218 g/mol. The van der Waals surface area contributed by atoms with Crippen molar-refractivity contribution in [3.05, 3.63) is 29.3 Å². The van der Waals surface area contributed by atoms with Crippen LogP contribution in [0.1, 0.15) is 36.8 Å². The SMILES string of the molecule is COc1ccc2c(c1)CCC(O)C21CCC1. The molecule has 86 valence electrons. The first-order chi connectivity index (χ1) is 7.76. The van der Waals surface area contributed by atoms with E-state index in [1.807, 2.05) is 6.07 Å². The number of fused-ring (bicyclic) bond motifs is 2. The van der Waals surface area contributed by atoms with E-state index in [9.17, 15) is 5.11 Å². The minimum Gasteiger partial charge on any atom is -0.497 e. The molecule has 1 unspecified atom stereocenters. The lowest BCUT2D eigenvalue weighted by molar-refractivity contribution is 0.0143. The van der Waals surface area contributed by atoms with Crippen LogP contribution in [0.15, 0.2) is 18.2 Å². The normalized spacial score (nSPS) is 26.0. The van der Waals surface area contributed by atoms with E-state index < -0.39 is 0 Å². The lowest BCUT2D eigenvalue weighted by Crippen LogP contribution is -2.48. The largest absolute Gasteiger partial charge is 0.497 e. The number of aliphatic hydroxyl groups excluding tert-OH is 1. The molecule has 0 aliphatic heterocycles. The van der Waals surface area contributed by atoms with Gasteiger partial charge in [-0.1, -0.05) is 12.5 Å². The van der Waals surface area contributed by atoms with E-state index >= 15 is 0 Å². The highest BCUT2D eigenvalue weighted by atomic mass is 16.5. The minimum atomic E-state index is -0.137. The molecule has 2 heteroatoms. The lowest BCUT2D eigenvalue weighted by atomic mass is 9.57. The number of aryl methyl sites for hydroxylation is 1. The molecule has 2 nitrogen and oxygen atoms in total. The van der Waals surface area contributed by atoms with E-state index in [0.717, 1.165) is 31.4 Å². The smallest absolute Gasteiger partial charge is 0.119 e.